The summed E-state index contributed by atoms with van der Waals surface area (Å²) in [5, 5.41) is 19.6. The summed E-state index contributed by atoms with van der Waals surface area (Å²) in [6, 6.07) is 16.5. The Hall–Kier alpha value is -3.89. The van der Waals surface area contributed by atoms with E-state index in [0.29, 0.717) is 22.6 Å². The number of rotatable bonds is 8. The number of likely N-dealkylation sites (tertiary alicyclic amines) is 1. The van der Waals surface area contributed by atoms with Gasteiger partial charge in [-0.15, -0.1) is 0 Å². The van der Waals surface area contributed by atoms with E-state index in [1.54, 1.807) is 6.07 Å². The Bertz CT molecular complexity index is 1660. The third-order valence-corrected chi connectivity index (χ3v) is 10.5. The molecule has 2 N–H and O–H groups in total. The van der Waals surface area contributed by atoms with E-state index in [9.17, 15) is 20.0 Å². The quantitative estimate of drug-likeness (QED) is 0.308. The second-order valence-corrected chi connectivity index (χ2v) is 13.3. The average Bonchev–Trinajstić information content (AvgIpc) is 3.96. The first-order valence-electron chi connectivity index (χ1n) is 15.9. The number of carboxylic acids is 1. The SMILES string of the molecule is C[C@H](C(=O)O)C(c1ccc2c(c1)O[C@H](c1ccc(-c3cc(=O)[nH]cc3C#N)c(CN3CCCCC34CC4)c1)CC2)C1CC1. The number of nitrogens with one attached hydrogen (secondary N) is 1. The van der Waals surface area contributed by atoms with Crippen LogP contribution in [0, 0.1) is 23.2 Å². The number of fused-ring (bicyclic) bond motifs is 1. The molecule has 1 saturated heterocycles. The molecule has 43 heavy (non-hydrogen) atoms. The number of ether oxygens (including phenoxy) is 1. The van der Waals surface area contributed by atoms with Crippen molar-refractivity contribution in [2.45, 2.75) is 88.8 Å². The molecule has 3 atom stereocenters. The minimum atomic E-state index is -0.748. The van der Waals surface area contributed by atoms with Gasteiger partial charge in [-0.2, -0.15) is 5.26 Å². The third kappa shape index (κ3) is 5.38. The molecule has 2 aliphatic carbocycles. The molecule has 7 heteroatoms. The molecule has 0 bridgehead atoms. The Morgan fingerprint density at radius 1 is 1.12 bits per heavy atom. The number of nitrogens with zero attached hydrogens (tertiary/aromatic N) is 2. The van der Waals surface area contributed by atoms with E-state index in [1.807, 2.05) is 6.92 Å². The molecule has 2 saturated carbocycles. The maximum atomic E-state index is 12.3. The smallest absolute Gasteiger partial charge is 0.306 e. The maximum absolute atomic E-state index is 12.3. The lowest BCUT2D eigenvalue weighted by Crippen LogP contribution is -2.40. The molecule has 2 aromatic carbocycles. The summed E-state index contributed by atoms with van der Waals surface area (Å²) >= 11 is 0. The van der Waals surface area contributed by atoms with Gasteiger partial charge in [-0.3, -0.25) is 14.5 Å². The fraction of sp³-hybridized carbons (Fsp3) is 0.472. The number of aliphatic carboxylic acids is 1. The summed E-state index contributed by atoms with van der Waals surface area (Å²) in [5.41, 5.74) is 6.60. The number of pyridine rings is 1. The molecule has 222 valence electrons. The van der Waals surface area contributed by atoms with Gasteiger partial charge in [-0.1, -0.05) is 43.7 Å². The number of hydrogen-bond acceptors (Lipinski definition) is 5. The first-order chi connectivity index (χ1) is 20.8. The van der Waals surface area contributed by atoms with Crippen LogP contribution in [-0.2, 0) is 17.8 Å². The van der Waals surface area contributed by atoms with Gasteiger partial charge in [-0.25, -0.2) is 0 Å². The zero-order chi connectivity index (χ0) is 29.7. The zero-order valence-electron chi connectivity index (χ0n) is 24.8. The molecular weight excluding hydrogens is 538 g/mol. The number of carboxylic acid groups (broad SMARTS) is 1. The Morgan fingerprint density at radius 2 is 1.95 bits per heavy atom. The van der Waals surface area contributed by atoms with Crippen LogP contribution in [-0.4, -0.2) is 33.0 Å². The number of H-pyrrole nitrogens is 1. The van der Waals surface area contributed by atoms with E-state index < -0.39 is 11.9 Å². The van der Waals surface area contributed by atoms with Crippen molar-refractivity contribution in [2.75, 3.05) is 6.54 Å². The summed E-state index contributed by atoms with van der Waals surface area (Å²) in [7, 11) is 0. The van der Waals surface area contributed by atoms with Crippen molar-refractivity contribution in [3.63, 3.8) is 0 Å². The molecule has 1 unspecified atom stereocenters. The number of aromatic nitrogens is 1. The summed E-state index contributed by atoms with van der Waals surface area (Å²) in [5.74, 6) is 0.0970. The molecule has 2 aliphatic heterocycles. The van der Waals surface area contributed by atoms with Gasteiger partial charge in [0, 0.05) is 29.9 Å². The van der Waals surface area contributed by atoms with Gasteiger partial charge in [0.05, 0.1) is 11.5 Å². The largest absolute Gasteiger partial charge is 0.485 e. The van der Waals surface area contributed by atoms with E-state index >= 15 is 0 Å². The van der Waals surface area contributed by atoms with Gasteiger partial charge in [0.25, 0.3) is 0 Å². The van der Waals surface area contributed by atoms with E-state index in [4.69, 9.17) is 4.74 Å². The maximum Gasteiger partial charge on any atom is 0.306 e. The van der Waals surface area contributed by atoms with Crippen LogP contribution in [0.5, 0.6) is 5.75 Å². The van der Waals surface area contributed by atoms with Crippen molar-refractivity contribution in [1.29, 1.82) is 5.26 Å². The first-order valence-corrected chi connectivity index (χ1v) is 15.9. The first kappa shape index (κ1) is 27.9. The highest BCUT2D eigenvalue weighted by molar-refractivity contribution is 5.73. The molecule has 1 spiro atoms. The summed E-state index contributed by atoms with van der Waals surface area (Å²) < 4.78 is 6.69. The fourth-order valence-corrected chi connectivity index (χ4v) is 7.72. The van der Waals surface area contributed by atoms with Crippen molar-refractivity contribution in [1.82, 2.24) is 9.88 Å². The van der Waals surface area contributed by atoms with Crippen molar-refractivity contribution < 1.29 is 14.6 Å². The molecule has 7 rings (SSSR count). The highest BCUT2D eigenvalue weighted by atomic mass is 16.5. The van der Waals surface area contributed by atoms with E-state index in [-0.39, 0.29) is 17.6 Å². The van der Waals surface area contributed by atoms with Crippen molar-refractivity contribution in [2.24, 2.45) is 11.8 Å². The van der Waals surface area contributed by atoms with Gasteiger partial charge in [0.15, 0.2) is 0 Å². The molecule has 0 amide bonds. The van der Waals surface area contributed by atoms with E-state index in [2.05, 4.69) is 52.4 Å². The normalized spacial score (nSPS) is 22.2. The number of aryl methyl sites for hydroxylation is 1. The predicted molar refractivity (Wildman–Crippen MR) is 164 cm³/mol. The lowest BCUT2D eigenvalue weighted by molar-refractivity contribution is -0.142. The molecule has 3 heterocycles. The highest BCUT2D eigenvalue weighted by Crippen LogP contribution is 2.50. The minimum absolute atomic E-state index is 0.000281. The molecule has 4 aliphatic rings. The van der Waals surface area contributed by atoms with Gasteiger partial charge in [0.1, 0.15) is 17.9 Å². The molecule has 3 aromatic rings. The average molecular weight is 578 g/mol. The molecule has 1 aromatic heterocycles. The van der Waals surface area contributed by atoms with Crippen LogP contribution < -0.4 is 10.3 Å². The minimum Gasteiger partial charge on any atom is -0.485 e. The standard InChI is InChI=1S/C36H39N3O4/c1-22(35(41)42)34(24-5-6-24)26-7-4-23-9-11-31(43-32(23)17-26)25-8-10-29(30-18-33(40)38-20-28(30)19-37)27(16-25)21-39-15-3-2-12-36(39)13-14-36/h4,7-8,10,16-18,20,22,24,31,34H,2-3,5-6,9,11-15,21H2,1H3,(H,38,40)(H,41,42)/t22-,31-,34?/m0/s1. The van der Waals surface area contributed by atoms with Gasteiger partial charge >= 0.3 is 5.97 Å². The number of hydrogen-bond donors (Lipinski definition) is 2. The number of nitriles is 1. The third-order valence-electron chi connectivity index (χ3n) is 10.5. The zero-order valence-corrected chi connectivity index (χ0v) is 24.8. The lowest BCUT2D eigenvalue weighted by Gasteiger charge is -2.37. The van der Waals surface area contributed by atoms with Gasteiger partial charge < -0.3 is 14.8 Å². The Morgan fingerprint density at radius 3 is 2.70 bits per heavy atom. The topological polar surface area (TPSA) is 106 Å². The molecule has 7 nitrogen and oxygen atoms in total. The second-order valence-electron chi connectivity index (χ2n) is 13.3. The van der Waals surface area contributed by atoms with Crippen LogP contribution in [0.4, 0.5) is 0 Å². The monoisotopic (exact) mass is 577 g/mol. The lowest BCUT2D eigenvalue weighted by atomic mass is 9.82. The number of benzene rings is 2. The van der Waals surface area contributed by atoms with E-state index in [1.165, 1.54) is 43.9 Å². The summed E-state index contributed by atoms with van der Waals surface area (Å²) in [6.07, 6.45) is 11.5. The number of piperidine rings is 1. The predicted octanol–water partition coefficient (Wildman–Crippen LogP) is 6.71. The van der Waals surface area contributed by atoms with Crippen LogP contribution in [0.25, 0.3) is 11.1 Å². The Balaban J connectivity index is 1.23. The Kier molecular flexibility index (Phi) is 7.13. The summed E-state index contributed by atoms with van der Waals surface area (Å²) in [4.78, 5) is 29.5. The van der Waals surface area contributed by atoms with Crippen molar-refractivity contribution >= 4 is 5.97 Å². The van der Waals surface area contributed by atoms with Crippen LogP contribution in [0.15, 0.2) is 53.5 Å². The molecule has 0 radical (unpaired) electrons. The van der Waals surface area contributed by atoms with Crippen LogP contribution in [0.1, 0.15) is 98.1 Å². The summed E-state index contributed by atoms with van der Waals surface area (Å²) in [6.45, 7) is 3.67. The number of aromatic amines is 1. The van der Waals surface area contributed by atoms with Crippen LogP contribution >= 0.6 is 0 Å². The molecular formula is C36H39N3O4. The van der Waals surface area contributed by atoms with Gasteiger partial charge in [0.2, 0.25) is 5.56 Å². The second kappa shape index (κ2) is 11.0. The number of carbonyl (C=O) groups is 1. The highest BCUT2D eigenvalue weighted by Gasteiger charge is 2.48. The van der Waals surface area contributed by atoms with Crippen molar-refractivity contribution in [3.8, 4) is 22.9 Å². The fourth-order valence-electron chi connectivity index (χ4n) is 7.72. The molecule has 3 fully saturated rings. The van der Waals surface area contributed by atoms with Gasteiger partial charge in [-0.05, 0) is 104 Å². The van der Waals surface area contributed by atoms with Crippen LogP contribution in [0.3, 0.4) is 0 Å². The van der Waals surface area contributed by atoms with Crippen molar-refractivity contribution in [3.05, 3.63) is 86.8 Å². The Labute approximate surface area is 252 Å². The van der Waals surface area contributed by atoms with Crippen LogP contribution in [0.2, 0.25) is 0 Å². The van der Waals surface area contributed by atoms with E-state index in [0.717, 1.165) is 66.8 Å².